The largest absolute Gasteiger partial charge is 0.495 e. The number of hydrogen-bond donors (Lipinski definition) is 2. The van der Waals surface area contributed by atoms with E-state index in [1.807, 2.05) is 11.8 Å². The molecular formula is C17H25ClN2O3. The second-order valence-electron chi connectivity index (χ2n) is 6.63. The number of aryl methyl sites for hydroxylation is 1. The van der Waals surface area contributed by atoms with Gasteiger partial charge in [0.25, 0.3) is 0 Å². The SMILES string of the molecule is COc1cc(Cl)c(C)cc1NC(=O)CN1CCCC1C(C)(C)O. The average molecular weight is 341 g/mol. The van der Waals surface area contributed by atoms with Crippen molar-refractivity contribution >= 4 is 23.2 Å². The molecule has 2 N–H and O–H groups in total. The molecule has 1 aromatic carbocycles. The lowest BCUT2D eigenvalue weighted by molar-refractivity contribution is -0.118. The van der Waals surface area contributed by atoms with Crippen molar-refractivity contribution in [2.45, 2.75) is 45.3 Å². The van der Waals surface area contributed by atoms with E-state index in [4.69, 9.17) is 16.3 Å². The highest BCUT2D eigenvalue weighted by Gasteiger charge is 2.36. The smallest absolute Gasteiger partial charge is 0.238 e. The minimum atomic E-state index is -0.814. The first-order valence-corrected chi connectivity index (χ1v) is 8.20. The number of hydrogen-bond acceptors (Lipinski definition) is 4. The Morgan fingerprint density at radius 2 is 2.22 bits per heavy atom. The summed E-state index contributed by atoms with van der Waals surface area (Å²) < 4.78 is 5.27. The van der Waals surface area contributed by atoms with Crippen LogP contribution in [0.5, 0.6) is 5.75 Å². The third-order valence-corrected chi connectivity index (χ3v) is 4.69. The topological polar surface area (TPSA) is 61.8 Å². The van der Waals surface area contributed by atoms with E-state index in [1.165, 1.54) is 0 Å². The van der Waals surface area contributed by atoms with Crippen LogP contribution in [0.2, 0.25) is 5.02 Å². The fraction of sp³-hybridized carbons (Fsp3) is 0.588. The van der Waals surface area contributed by atoms with Gasteiger partial charge in [0.15, 0.2) is 0 Å². The molecule has 0 saturated carbocycles. The molecule has 1 aliphatic rings. The number of nitrogens with zero attached hydrogens (tertiary/aromatic N) is 1. The first-order valence-electron chi connectivity index (χ1n) is 7.82. The number of benzene rings is 1. The molecule has 1 heterocycles. The normalized spacial score (nSPS) is 19.0. The highest BCUT2D eigenvalue weighted by atomic mass is 35.5. The molecule has 1 amide bonds. The Labute approximate surface area is 142 Å². The van der Waals surface area contributed by atoms with Gasteiger partial charge < -0.3 is 15.2 Å². The minimum absolute atomic E-state index is 0.00194. The second kappa shape index (κ2) is 7.07. The quantitative estimate of drug-likeness (QED) is 0.865. The Morgan fingerprint density at radius 3 is 2.83 bits per heavy atom. The maximum atomic E-state index is 12.4. The molecule has 2 rings (SSSR count). The number of methoxy groups -OCH3 is 1. The lowest BCUT2D eigenvalue weighted by Crippen LogP contribution is -2.48. The van der Waals surface area contributed by atoms with Crippen LogP contribution in [0.1, 0.15) is 32.3 Å². The molecule has 6 heteroatoms. The molecule has 0 spiro atoms. The molecule has 1 unspecified atom stereocenters. The monoisotopic (exact) mass is 340 g/mol. The van der Waals surface area contributed by atoms with Gasteiger partial charge in [-0.25, -0.2) is 0 Å². The number of amides is 1. The Morgan fingerprint density at radius 1 is 1.52 bits per heavy atom. The van der Waals surface area contributed by atoms with E-state index in [1.54, 1.807) is 33.1 Å². The van der Waals surface area contributed by atoms with Crippen LogP contribution in [0.15, 0.2) is 12.1 Å². The summed E-state index contributed by atoms with van der Waals surface area (Å²) in [4.78, 5) is 14.4. The molecule has 23 heavy (non-hydrogen) atoms. The van der Waals surface area contributed by atoms with E-state index in [2.05, 4.69) is 5.32 Å². The summed E-state index contributed by atoms with van der Waals surface area (Å²) in [6, 6.07) is 3.50. The number of rotatable bonds is 5. The molecule has 0 aromatic heterocycles. The molecule has 0 radical (unpaired) electrons. The van der Waals surface area contributed by atoms with Gasteiger partial charge in [-0.15, -0.1) is 0 Å². The number of aliphatic hydroxyl groups is 1. The lowest BCUT2D eigenvalue weighted by atomic mass is 9.97. The van der Waals surface area contributed by atoms with E-state index in [-0.39, 0.29) is 18.5 Å². The minimum Gasteiger partial charge on any atom is -0.495 e. The molecule has 5 nitrogen and oxygen atoms in total. The van der Waals surface area contributed by atoms with Crippen LogP contribution in [0.25, 0.3) is 0 Å². The Balaban J connectivity index is 2.07. The summed E-state index contributed by atoms with van der Waals surface area (Å²) in [5.74, 6) is 0.413. The Kier molecular flexibility index (Phi) is 5.55. The van der Waals surface area contributed by atoms with Crippen molar-refractivity contribution in [1.82, 2.24) is 4.90 Å². The van der Waals surface area contributed by atoms with Crippen molar-refractivity contribution in [3.05, 3.63) is 22.7 Å². The van der Waals surface area contributed by atoms with Crippen molar-refractivity contribution in [3.63, 3.8) is 0 Å². The van der Waals surface area contributed by atoms with Gasteiger partial charge in [0.1, 0.15) is 5.75 Å². The van der Waals surface area contributed by atoms with E-state index >= 15 is 0 Å². The van der Waals surface area contributed by atoms with Gasteiger partial charge >= 0.3 is 0 Å². The van der Waals surface area contributed by atoms with Crippen molar-refractivity contribution in [2.24, 2.45) is 0 Å². The Hall–Kier alpha value is -1.30. The average Bonchev–Trinajstić information content (AvgIpc) is 2.90. The molecule has 128 valence electrons. The van der Waals surface area contributed by atoms with Crippen molar-refractivity contribution in [2.75, 3.05) is 25.5 Å². The van der Waals surface area contributed by atoms with Crippen LogP contribution < -0.4 is 10.1 Å². The van der Waals surface area contributed by atoms with Gasteiger partial charge in [0, 0.05) is 17.1 Å². The fourth-order valence-corrected chi connectivity index (χ4v) is 3.27. The maximum Gasteiger partial charge on any atom is 0.238 e. The zero-order valence-corrected chi connectivity index (χ0v) is 14.9. The highest BCUT2D eigenvalue weighted by molar-refractivity contribution is 6.31. The zero-order chi connectivity index (χ0) is 17.2. The zero-order valence-electron chi connectivity index (χ0n) is 14.1. The molecule has 0 aliphatic carbocycles. The summed E-state index contributed by atoms with van der Waals surface area (Å²) in [5.41, 5.74) is 0.669. The van der Waals surface area contributed by atoms with Crippen LogP contribution in [0, 0.1) is 6.92 Å². The van der Waals surface area contributed by atoms with Gasteiger partial charge in [-0.2, -0.15) is 0 Å². The predicted molar refractivity (Wildman–Crippen MR) is 92.3 cm³/mol. The van der Waals surface area contributed by atoms with Crippen LogP contribution in [0.3, 0.4) is 0 Å². The summed E-state index contributed by atoms with van der Waals surface area (Å²) in [7, 11) is 1.54. The van der Waals surface area contributed by atoms with Gasteiger partial charge in [0.05, 0.1) is 24.9 Å². The van der Waals surface area contributed by atoms with Crippen molar-refractivity contribution in [1.29, 1.82) is 0 Å². The molecule has 1 saturated heterocycles. The molecular weight excluding hydrogens is 316 g/mol. The molecule has 1 aromatic rings. The van der Waals surface area contributed by atoms with Gasteiger partial charge in [-0.05, 0) is 51.8 Å². The van der Waals surface area contributed by atoms with Crippen LogP contribution in [-0.2, 0) is 4.79 Å². The van der Waals surface area contributed by atoms with E-state index in [0.717, 1.165) is 24.9 Å². The number of ether oxygens (including phenoxy) is 1. The number of likely N-dealkylation sites (tertiary alicyclic amines) is 1. The number of nitrogens with one attached hydrogen (secondary N) is 1. The molecule has 0 bridgehead atoms. The van der Waals surface area contributed by atoms with Gasteiger partial charge in [-0.3, -0.25) is 9.69 Å². The maximum absolute atomic E-state index is 12.4. The van der Waals surface area contributed by atoms with Gasteiger partial charge in [0.2, 0.25) is 5.91 Å². The second-order valence-corrected chi connectivity index (χ2v) is 7.04. The standard InChI is InChI=1S/C17H25ClN2O3/c1-11-8-13(14(23-4)9-12(11)18)19-16(21)10-20-7-5-6-15(20)17(2,3)22/h8-9,15,22H,5-7,10H2,1-4H3,(H,19,21). The number of carbonyl (C=O) groups is 1. The van der Waals surface area contributed by atoms with Crippen LogP contribution in [0.4, 0.5) is 5.69 Å². The molecule has 1 atom stereocenters. The number of halogens is 1. The summed E-state index contributed by atoms with van der Waals surface area (Å²) in [6.45, 7) is 6.53. The lowest BCUT2D eigenvalue weighted by Gasteiger charge is -2.33. The van der Waals surface area contributed by atoms with Gasteiger partial charge in [-0.1, -0.05) is 11.6 Å². The molecule has 1 fully saturated rings. The van der Waals surface area contributed by atoms with Crippen molar-refractivity contribution < 1.29 is 14.6 Å². The fourth-order valence-electron chi connectivity index (χ4n) is 3.12. The third kappa shape index (κ3) is 4.37. The predicted octanol–water partition coefficient (Wildman–Crippen LogP) is 2.83. The van der Waals surface area contributed by atoms with E-state index in [9.17, 15) is 9.90 Å². The first kappa shape index (κ1) is 18.0. The molecule has 1 aliphatic heterocycles. The summed E-state index contributed by atoms with van der Waals surface area (Å²) in [5, 5.41) is 13.7. The highest BCUT2D eigenvalue weighted by Crippen LogP contribution is 2.31. The third-order valence-electron chi connectivity index (χ3n) is 4.28. The number of anilines is 1. The van der Waals surface area contributed by atoms with Crippen molar-refractivity contribution in [3.8, 4) is 5.75 Å². The van der Waals surface area contributed by atoms with Crippen LogP contribution >= 0.6 is 11.6 Å². The number of carbonyl (C=O) groups excluding carboxylic acids is 1. The summed E-state index contributed by atoms with van der Waals surface area (Å²) in [6.07, 6.45) is 1.89. The Bertz CT molecular complexity index is 584. The summed E-state index contributed by atoms with van der Waals surface area (Å²) >= 11 is 6.08. The van der Waals surface area contributed by atoms with Crippen LogP contribution in [-0.4, -0.2) is 47.8 Å². The van der Waals surface area contributed by atoms with E-state index < -0.39 is 5.60 Å². The first-order chi connectivity index (χ1) is 10.7. The van der Waals surface area contributed by atoms with E-state index in [0.29, 0.717) is 16.5 Å².